The molecule has 0 unspecified atom stereocenters. The van der Waals surface area contributed by atoms with Gasteiger partial charge in [0.1, 0.15) is 4.90 Å². The molecule has 1 aromatic rings. The average molecular weight is 338 g/mol. The summed E-state index contributed by atoms with van der Waals surface area (Å²) in [6, 6.07) is 0.996. The van der Waals surface area contributed by atoms with E-state index in [0.29, 0.717) is 12.5 Å². The highest BCUT2D eigenvalue weighted by Gasteiger charge is 2.26. The molecule has 0 aromatic carbocycles. The maximum atomic E-state index is 11.9. The molecule has 0 atom stereocenters. The van der Waals surface area contributed by atoms with Gasteiger partial charge in [-0.15, -0.1) is 0 Å². The Balaban J connectivity index is 2.15. The van der Waals surface area contributed by atoms with Crippen LogP contribution in [0.4, 0.5) is 0 Å². The van der Waals surface area contributed by atoms with Gasteiger partial charge in [-0.3, -0.25) is 0 Å². The van der Waals surface area contributed by atoms with E-state index in [2.05, 4.69) is 20.7 Å². The summed E-state index contributed by atoms with van der Waals surface area (Å²) in [4.78, 5) is 10.5. The van der Waals surface area contributed by atoms with Crippen molar-refractivity contribution >= 4 is 31.9 Å². The summed E-state index contributed by atoms with van der Waals surface area (Å²) >= 11 is 2.91. The molecule has 1 aromatic heterocycles. The third-order valence-corrected chi connectivity index (χ3v) is 5.22. The third-order valence-electron chi connectivity index (χ3n) is 2.94. The molecule has 0 amide bonds. The fourth-order valence-electron chi connectivity index (χ4n) is 1.64. The molecule has 2 N–H and O–H groups in total. The van der Waals surface area contributed by atoms with Crippen molar-refractivity contribution in [3.8, 4) is 0 Å². The molecule has 18 heavy (non-hydrogen) atoms. The lowest BCUT2D eigenvalue weighted by Gasteiger charge is -2.25. The van der Waals surface area contributed by atoms with Crippen LogP contribution in [0.15, 0.2) is 20.0 Å². The first-order valence-electron chi connectivity index (χ1n) is 5.42. The first-order valence-corrected chi connectivity index (χ1v) is 7.70. The van der Waals surface area contributed by atoms with E-state index >= 15 is 0 Å². The Morgan fingerprint density at radius 1 is 1.56 bits per heavy atom. The Morgan fingerprint density at radius 3 is 2.67 bits per heavy atom. The van der Waals surface area contributed by atoms with Crippen molar-refractivity contribution < 1.29 is 22.7 Å². The molecular weight excluding hydrogens is 326 g/mol. The first-order chi connectivity index (χ1) is 8.40. The number of hydrogen-bond donors (Lipinski definition) is 2. The quantitative estimate of drug-likeness (QED) is 0.854. The highest BCUT2D eigenvalue weighted by Crippen LogP contribution is 2.28. The van der Waals surface area contributed by atoms with Gasteiger partial charge in [-0.1, -0.05) is 6.42 Å². The first kappa shape index (κ1) is 13.6. The van der Waals surface area contributed by atoms with Crippen molar-refractivity contribution in [2.24, 2.45) is 5.92 Å². The van der Waals surface area contributed by atoms with E-state index in [1.807, 2.05) is 0 Å². The molecule has 6 nitrogen and oxygen atoms in total. The predicted molar refractivity (Wildman–Crippen MR) is 65.9 cm³/mol. The van der Waals surface area contributed by atoms with Crippen LogP contribution < -0.4 is 4.72 Å². The number of halogens is 1. The molecule has 0 spiro atoms. The lowest BCUT2D eigenvalue weighted by molar-refractivity contribution is 0.0661. The molecule has 1 fully saturated rings. The fraction of sp³-hybridized carbons (Fsp3) is 0.500. The van der Waals surface area contributed by atoms with E-state index in [1.165, 1.54) is 0 Å². The zero-order valence-electron chi connectivity index (χ0n) is 9.35. The summed E-state index contributed by atoms with van der Waals surface area (Å²) in [5.74, 6) is -1.34. The number of hydrogen-bond acceptors (Lipinski definition) is 4. The summed E-state index contributed by atoms with van der Waals surface area (Å²) in [6.45, 7) is 0.377. The highest BCUT2D eigenvalue weighted by molar-refractivity contribution is 9.10. The molecule has 1 heterocycles. The Labute approximate surface area is 113 Å². The zero-order chi connectivity index (χ0) is 13.3. The summed E-state index contributed by atoms with van der Waals surface area (Å²) in [5.41, 5.74) is 0. The van der Waals surface area contributed by atoms with Crippen LogP contribution in [0.25, 0.3) is 0 Å². The van der Waals surface area contributed by atoms with Crippen molar-refractivity contribution in [2.75, 3.05) is 6.54 Å². The number of aromatic carboxylic acids is 1. The van der Waals surface area contributed by atoms with Crippen LogP contribution in [-0.4, -0.2) is 26.0 Å². The highest BCUT2D eigenvalue weighted by atomic mass is 79.9. The van der Waals surface area contributed by atoms with E-state index in [9.17, 15) is 13.2 Å². The number of carboxylic acid groups (broad SMARTS) is 1. The van der Waals surface area contributed by atoms with Crippen LogP contribution in [-0.2, 0) is 10.0 Å². The van der Waals surface area contributed by atoms with E-state index < -0.39 is 21.8 Å². The Morgan fingerprint density at radius 2 is 2.22 bits per heavy atom. The van der Waals surface area contributed by atoms with Crippen molar-refractivity contribution in [2.45, 2.75) is 24.2 Å². The van der Waals surface area contributed by atoms with Gasteiger partial charge in [0.05, 0.1) is 0 Å². The van der Waals surface area contributed by atoms with Gasteiger partial charge in [0, 0.05) is 12.6 Å². The van der Waals surface area contributed by atoms with Crippen molar-refractivity contribution in [1.29, 1.82) is 0 Å². The summed E-state index contributed by atoms with van der Waals surface area (Å²) in [6.07, 6.45) is 3.18. The largest absolute Gasteiger partial charge is 0.475 e. The normalized spacial score (nSPS) is 16.5. The molecule has 1 saturated carbocycles. The Bertz CT molecular complexity index is 561. The van der Waals surface area contributed by atoms with E-state index in [1.54, 1.807) is 0 Å². The molecular formula is C10H12BrNO5S. The number of rotatable bonds is 5. The van der Waals surface area contributed by atoms with Gasteiger partial charge in [-0.05, 0) is 34.7 Å². The van der Waals surface area contributed by atoms with Gasteiger partial charge in [-0.2, -0.15) is 0 Å². The van der Waals surface area contributed by atoms with Gasteiger partial charge < -0.3 is 9.52 Å². The summed E-state index contributed by atoms with van der Waals surface area (Å²) in [7, 11) is -3.73. The van der Waals surface area contributed by atoms with Crippen molar-refractivity contribution in [1.82, 2.24) is 4.72 Å². The molecule has 2 rings (SSSR count). The zero-order valence-corrected chi connectivity index (χ0v) is 11.8. The summed E-state index contributed by atoms with van der Waals surface area (Å²) < 4.78 is 31.0. The topological polar surface area (TPSA) is 96.6 Å². The third kappa shape index (κ3) is 2.76. The SMILES string of the molecule is O=C(O)c1cc(S(=O)(=O)NCC2CCC2)c(Br)o1. The number of nitrogens with one attached hydrogen (secondary N) is 1. The van der Waals surface area contributed by atoms with Crippen LogP contribution >= 0.6 is 15.9 Å². The van der Waals surface area contributed by atoms with Gasteiger partial charge in [0.15, 0.2) is 4.67 Å². The van der Waals surface area contributed by atoms with Gasteiger partial charge >= 0.3 is 5.97 Å². The second-order valence-corrected chi connectivity index (χ2v) is 6.66. The van der Waals surface area contributed by atoms with Crippen LogP contribution in [0, 0.1) is 5.92 Å². The van der Waals surface area contributed by atoms with Crippen LogP contribution in [0.1, 0.15) is 29.8 Å². The maximum absolute atomic E-state index is 11.9. The Kier molecular flexibility index (Phi) is 3.79. The average Bonchev–Trinajstić information content (AvgIpc) is 2.58. The van der Waals surface area contributed by atoms with Crippen molar-refractivity contribution in [3.05, 3.63) is 16.5 Å². The lowest BCUT2D eigenvalue weighted by atomic mass is 9.86. The monoisotopic (exact) mass is 337 g/mol. The maximum Gasteiger partial charge on any atom is 0.371 e. The van der Waals surface area contributed by atoms with E-state index in [4.69, 9.17) is 9.52 Å². The second-order valence-electron chi connectivity index (χ2n) is 4.20. The minimum Gasteiger partial charge on any atom is -0.475 e. The number of carboxylic acids is 1. The molecule has 100 valence electrons. The van der Waals surface area contributed by atoms with Gasteiger partial charge in [0.25, 0.3) is 0 Å². The number of furan rings is 1. The number of carbonyl (C=O) groups is 1. The molecule has 1 aliphatic carbocycles. The van der Waals surface area contributed by atoms with E-state index in [0.717, 1.165) is 25.3 Å². The molecule has 0 radical (unpaired) electrons. The fourth-order valence-corrected chi connectivity index (χ4v) is 3.70. The van der Waals surface area contributed by atoms with Crippen LogP contribution in [0.3, 0.4) is 0 Å². The van der Waals surface area contributed by atoms with Crippen molar-refractivity contribution in [3.63, 3.8) is 0 Å². The standard InChI is InChI=1S/C10H12BrNO5S/c11-9-8(4-7(17-9)10(13)14)18(15,16)12-5-6-2-1-3-6/h4,6,12H,1-3,5H2,(H,13,14). The Hall–Kier alpha value is -0.860. The summed E-state index contributed by atoms with van der Waals surface area (Å²) in [5, 5.41) is 8.72. The van der Waals surface area contributed by atoms with E-state index in [-0.39, 0.29) is 9.56 Å². The van der Waals surface area contributed by atoms with Gasteiger partial charge in [0.2, 0.25) is 15.8 Å². The molecule has 1 aliphatic rings. The van der Waals surface area contributed by atoms with Gasteiger partial charge in [-0.25, -0.2) is 17.9 Å². The number of sulfonamides is 1. The minimum atomic E-state index is -3.73. The predicted octanol–water partition coefficient (Wildman–Crippen LogP) is 1.82. The smallest absolute Gasteiger partial charge is 0.371 e. The molecule has 0 bridgehead atoms. The molecule has 0 saturated heterocycles. The lowest BCUT2D eigenvalue weighted by Crippen LogP contribution is -2.32. The molecule has 8 heteroatoms. The second kappa shape index (κ2) is 5.02. The minimum absolute atomic E-state index is 0.0963. The molecule has 0 aliphatic heterocycles. The van der Waals surface area contributed by atoms with Crippen LogP contribution in [0.5, 0.6) is 0 Å². The van der Waals surface area contributed by atoms with Crippen LogP contribution in [0.2, 0.25) is 0 Å².